The van der Waals surface area contributed by atoms with E-state index in [0.717, 1.165) is 16.7 Å². The Bertz CT molecular complexity index is 626. The fraction of sp³-hybridized carbons (Fsp3) is 0.474. The van der Waals surface area contributed by atoms with Crippen LogP contribution in [0.1, 0.15) is 30.0 Å². The van der Waals surface area contributed by atoms with Crippen LogP contribution in [-0.2, 0) is 12.1 Å². The van der Waals surface area contributed by atoms with Crippen molar-refractivity contribution in [1.82, 2.24) is 5.32 Å². The number of hydrogen-bond donors (Lipinski definition) is 3. The van der Waals surface area contributed by atoms with Crippen molar-refractivity contribution >= 4 is 0 Å². The standard InChI is InChI=1S/C19H28N2O3/c1-6-8-21-11-14-12(3)9-15(23-5)18-17(14)19(4,20)16(24-18)10-13(22)7-2/h6-7,9,13,16,21-22H,1-2,8,10-11,20H2,3-5H3/t13-,16?,19?/m0/s1. The second kappa shape index (κ2) is 7.38. The average molecular weight is 332 g/mol. The van der Waals surface area contributed by atoms with Gasteiger partial charge in [0.1, 0.15) is 6.10 Å². The molecule has 2 rings (SSSR count). The maximum absolute atomic E-state index is 9.95. The molecule has 0 saturated heterocycles. The zero-order valence-electron chi connectivity index (χ0n) is 14.8. The van der Waals surface area contributed by atoms with Crippen molar-refractivity contribution in [2.24, 2.45) is 5.73 Å². The highest BCUT2D eigenvalue weighted by Gasteiger charge is 2.46. The lowest BCUT2D eigenvalue weighted by atomic mass is 9.82. The van der Waals surface area contributed by atoms with Crippen LogP contribution in [0.3, 0.4) is 0 Å². The minimum absolute atomic E-state index is 0.352. The Kier molecular flexibility index (Phi) is 5.70. The van der Waals surface area contributed by atoms with E-state index in [-0.39, 0.29) is 6.10 Å². The van der Waals surface area contributed by atoms with E-state index < -0.39 is 11.6 Å². The van der Waals surface area contributed by atoms with Gasteiger partial charge in [-0.25, -0.2) is 0 Å². The van der Waals surface area contributed by atoms with Gasteiger partial charge in [-0.3, -0.25) is 0 Å². The lowest BCUT2D eigenvalue weighted by Crippen LogP contribution is -2.45. The molecule has 0 fully saturated rings. The SMILES string of the molecule is C=CCNCc1c(C)cc(OC)c2c1C(C)(N)C(C[C@@H](O)C=C)O2. The van der Waals surface area contributed by atoms with E-state index in [1.54, 1.807) is 7.11 Å². The lowest BCUT2D eigenvalue weighted by Gasteiger charge is -2.28. The summed E-state index contributed by atoms with van der Waals surface area (Å²) in [5, 5.41) is 13.3. The number of ether oxygens (including phenoxy) is 2. The van der Waals surface area contributed by atoms with Crippen molar-refractivity contribution in [2.75, 3.05) is 13.7 Å². The number of nitrogens with two attached hydrogens (primary N) is 1. The number of rotatable bonds is 8. The Balaban J connectivity index is 2.48. The first-order valence-electron chi connectivity index (χ1n) is 8.15. The van der Waals surface area contributed by atoms with Crippen molar-refractivity contribution in [2.45, 2.75) is 44.6 Å². The summed E-state index contributed by atoms with van der Waals surface area (Å²) in [7, 11) is 1.62. The Hall–Kier alpha value is -1.82. The summed E-state index contributed by atoms with van der Waals surface area (Å²) < 4.78 is 11.6. The topological polar surface area (TPSA) is 76.7 Å². The highest BCUT2D eigenvalue weighted by atomic mass is 16.5. The molecule has 0 amide bonds. The zero-order chi connectivity index (χ0) is 17.9. The smallest absolute Gasteiger partial charge is 0.167 e. The number of methoxy groups -OCH3 is 1. The quantitative estimate of drug-likeness (QED) is 0.502. The molecule has 3 atom stereocenters. The van der Waals surface area contributed by atoms with Crippen molar-refractivity contribution < 1.29 is 14.6 Å². The van der Waals surface area contributed by atoms with E-state index in [4.69, 9.17) is 15.2 Å². The van der Waals surface area contributed by atoms with Crippen LogP contribution in [0.2, 0.25) is 0 Å². The van der Waals surface area contributed by atoms with Crippen molar-refractivity contribution in [3.63, 3.8) is 0 Å². The Morgan fingerprint density at radius 2 is 2.25 bits per heavy atom. The van der Waals surface area contributed by atoms with Crippen LogP contribution in [0.25, 0.3) is 0 Å². The van der Waals surface area contributed by atoms with Crippen LogP contribution in [-0.4, -0.2) is 31.0 Å². The molecule has 2 unspecified atom stereocenters. The normalized spacial score (nSPS) is 23.3. The molecule has 0 aliphatic carbocycles. The van der Waals surface area contributed by atoms with Gasteiger partial charge in [0.25, 0.3) is 0 Å². The Morgan fingerprint density at radius 1 is 1.54 bits per heavy atom. The molecule has 1 aliphatic rings. The Labute approximate surface area is 144 Å². The van der Waals surface area contributed by atoms with E-state index in [1.165, 1.54) is 6.08 Å². The minimum atomic E-state index is -0.732. The van der Waals surface area contributed by atoms with Crippen molar-refractivity contribution in [1.29, 1.82) is 0 Å². The number of aliphatic hydroxyl groups is 1. The molecular weight excluding hydrogens is 304 g/mol. The zero-order valence-corrected chi connectivity index (χ0v) is 14.8. The summed E-state index contributed by atoms with van der Waals surface area (Å²) in [4.78, 5) is 0. The first kappa shape index (κ1) is 18.5. The highest BCUT2D eigenvalue weighted by Crippen LogP contribution is 2.49. The highest BCUT2D eigenvalue weighted by molar-refractivity contribution is 5.60. The minimum Gasteiger partial charge on any atom is -0.493 e. The van der Waals surface area contributed by atoms with Crippen LogP contribution in [0, 0.1) is 6.92 Å². The second-order valence-corrected chi connectivity index (χ2v) is 6.43. The van der Waals surface area contributed by atoms with Gasteiger partial charge in [0.05, 0.1) is 18.8 Å². The second-order valence-electron chi connectivity index (χ2n) is 6.43. The molecule has 24 heavy (non-hydrogen) atoms. The van der Waals surface area contributed by atoms with Crippen LogP contribution < -0.4 is 20.5 Å². The third-order valence-corrected chi connectivity index (χ3v) is 4.58. The number of nitrogens with one attached hydrogen (secondary N) is 1. The van der Waals surface area contributed by atoms with Gasteiger partial charge in [0.15, 0.2) is 11.5 Å². The first-order valence-corrected chi connectivity index (χ1v) is 8.15. The number of aryl methyl sites for hydroxylation is 1. The molecular formula is C19H28N2O3. The molecule has 132 valence electrons. The number of fused-ring (bicyclic) bond motifs is 1. The summed E-state index contributed by atoms with van der Waals surface area (Å²) in [6.45, 7) is 12.7. The molecule has 1 aromatic carbocycles. The van der Waals surface area contributed by atoms with Gasteiger partial charge in [-0.2, -0.15) is 0 Å². The predicted octanol–water partition coefficient (Wildman–Crippen LogP) is 2.15. The van der Waals surface area contributed by atoms with Gasteiger partial charge in [0, 0.05) is 25.1 Å². The van der Waals surface area contributed by atoms with E-state index in [9.17, 15) is 5.11 Å². The molecule has 1 aliphatic heterocycles. The van der Waals surface area contributed by atoms with Crippen LogP contribution in [0.4, 0.5) is 0 Å². The summed E-state index contributed by atoms with van der Waals surface area (Å²) in [5.74, 6) is 1.34. The molecule has 1 aromatic rings. The third-order valence-electron chi connectivity index (χ3n) is 4.58. The molecule has 4 N–H and O–H groups in total. The van der Waals surface area contributed by atoms with E-state index in [1.807, 2.05) is 26.0 Å². The predicted molar refractivity (Wildman–Crippen MR) is 96.4 cm³/mol. The maximum atomic E-state index is 9.95. The van der Waals surface area contributed by atoms with Gasteiger partial charge >= 0.3 is 0 Å². The van der Waals surface area contributed by atoms with Gasteiger partial charge in [0.2, 0.25) is 0 Å². The molecule has 0 aromatic heterocycles. The number of hydrogen-bond acceptors (Lipinski definition) is 5. The summed E-state index contributed by atoms with van der Waals surface area (Å²) >= 11 is 0. The fourth-order valence-electron chi connectivity index (χ4n) is 3.21. The van der Waals surface area contributed by atoms with Crippen LogP contribution in [0.5, 0.6) is 11.5 Å². The maximum Gasteiger partial charge on any atom is 0.167 e. The van der Waals surface area contributed by atoms with Crippen LogP contribution >= 0.6 is 0 Å². The first-order chi connectivity index (χ1) is 11.4. The van der Waals surface area contributed by atoms with Gasteiger partial charge in [-0.05, 0) is 31.0 Å². The van der Waals surface area contributed by atoms with E-state index in [0.29, 0.717) is 31.0 Å². The van der Waals surface area contributed by atoms with Gasteiger partial charge < -0.3 is 25.6 Å². The lowest BCUT2D eigenvalue weighted by molar-refractivity contribution is 0.0922. The average Bonchev–Trinajstić information content (AvgIpc) is 2.80. The van der Waals surface area contributed by atoms with E-state index >= 15 is 0 Å². The molecule has 0 bridgehead atoms. The summed E-state index contributed by atoms with van der Waals surface area (Å²) in [6.07, 6.45) is 2.68. The van der Waals surface area contributed by atoms with Gasteiger partial charge in [-0.15, -0.1) is 13.2 Å². The fourth-order valence-corrected chi connectivity index (χ4v) is 3.21. The summed E-state index contributed by atoms with van der Waals surface area (Å²) in [6, 6.07) is 1.96. The molecule has 0 spiro atoms. The third kappa shape index (κ3) is 3.34. The Morgan fingerprint density at radius 3 is 2.83 bits per heavy atom. The van der Waals surface area contributed by atoms with Crippen LogP contribution in [0.15, 0.2) is 31.4 Å². The number of aliphatic hydroxyl groups excluding tert-OH is 1. The van der Waals surface area contributed by atoms with Crippen molar-refractivity contribution in [3.8, 4) is 11.5 Å². The molecule has 0 radical (unpaired) electrons. The van der Waals surface area contributed by atoms with E-state index in [2.05, 4.69) is 18.5 Å². The molecule has 5 heteroatoms. The monoisotopic (exact) mass is 332 g/mol. The molecule has 1 heterocycles. The molecule has 0 saturated carbocycles. The number of benzene rings is 1. The summed E-state index contributed by atoms with van der Waals surface area (Å²) in [5.41, 5.74) is 9.06. The van der Waals surface area contributed by atoms with Gasteiger partial charge in [-0.1, -0.05) is 12.2 Å². The molecule has 5 nitrogen and oxygen atoms in total. The largest absolute Gasteiger partial charge is 0.493 e. The van der Waals surface area contributed by atoms with Crippen molar-refractivity contribution in [3.05, 3.63) is 48.1 Å².